The summed E-state index contributed by atoms with van der Waals surface area (Å²) in [4.78, 5) is 0.391. The van der Waals surface area contributed by atoms with Gasteiger partial charge in [0.2, 0.25) is 10.0 Å². The third kappa shape index (κ3) is 4.00. The minimum atomic E-state index is -3.35. The number of aromatic nitrogens is 2. The van der Waals surface area contributed by atoms with Crippen molar-refractivity contribution in [3.05, 3.63) is 46.8 Å². The zero-order valence-corrected chi connectivity index (χ0v) is 16.6. The van der Waals surface area contributed by atoms with Crippen molar-refractivity contribution in [3.63, 3.8) is 0 Å². The predicted molar refractivity (Wildman–Crippen MR) is 102 cm³/mol. The molecule has 26 heavy (non-hydrogen) atoms. The Labute approximate surface area is 156 Å². The van der Waals surface area contributed by atoms with Crippen LogP contribution in [0, 0.1) is 13.8 Å². The summed E-state index contributed by atoms with van der Waals surface area (Å²) in [6.45, 7) is 6.80. The first-order chi connectivity index (χ1) is 12.4. The molecule has 6 nitrogen and oxygen atoms in total. The molecule has 0 saturated carbocycles. The molecular weight excluding hydrogens is 348 g/mol. The number of piperidine rings is 1. The first-order valence-electron chi connectivity index (χ1n) is 9.18. The van der Waals surface area contributed by atoms with Crippen molar-refractivity contribution in [1.82, 2.24) is 19.4 Å². The molecule has 142 valence electrons. The Morgan fingerprint density at radius 2 is 1.69 bits per heavy atom. The van der Waals surface area contributed by atoms with E-state index in [2.05, 4.69) is 17.3 Å². The van der Waals surface area contributed by atoms with Crippen LogP contribution in [-0.2, 0) is 30.2 Å². The number of aryl methyl sites for hydroxylation is 2. The molecular formula is C19H28N4O2S. The Balaban J connectivity index is 1.61. The second-order valence-corrected chi connectivity index (χ2v) is 8.92. The first-order valence-corrected chi connectivity index (χ1v) is 10.6. The lowest BCUT2D eigenvalue weighted by molar-refractivity contribution is 0.346. The molecule has 0 amide bonds. The standard InChI is InChI=1S/C19H28N4O2S/c1-15-19(16(2)22(3)21-15)14-20-13-17-7-9-18(10-8-17)26(24,25)23-11-5-4-6-12-23/h7-10,20H,4-6,11-14H2,1-3H3. The Kier molecular flexibility index (Phi) is 5.79. The maximum absolute atomic E-state index is 12.7. The summed E-state index contributed by atoms with van der Waals surface area (Å²) in [6, 6.07) is 7.24. The zero-order valence-electron chi connectivity index (χ0n) is 15.8. The van der Waals surface area contributed by atoms with Crippen molar-refractivity contribution in [1.29, 1.82) is 0 Å². The minimum absolute atomic E-state index is 0.391. The Hall–Kier alpha value is -1.70. The Bertz CT molecular complexity index is 850. The van der Waals surface area contributed by atoms with Crippen LogP contribution in [0.1, 0.15) is 41.8 Å². The monoisotopic (exact) mass is 376 g/mol. The van der Waals surface area contributed by atoms with Crippen LogP contribution in [0.2, 0.25) is 0 Å². The van der Waals surface area contributed by atoms with Crippen molar-refractivity contribution in [3.8, 4) is 0 Å². The van der Waals surface area contributed by atoms with Gasteiger partial charge in [-0.1, -0.05) is 18.6 Å². The highest BCUT2D eigenvalue weighted by atomic mass is 32.2. The minimum Gasteiger partial charge on any atom is -0.308 e. The summed E-state index contributed by atoms with van der Waals surface area (Å²) >= 11 is 0. The number of hydrogen-bond acceptors (Lipinski definition) is 4. The normalized spacial score (nSPS) is 16.1. The van der Waals surface area contributed by atoms with E-state index in [4.69, 9.17) is 0 Å². The lowest BCUT2D eigenvalue weighted by Gasteiger charge is -2.25. The van der Waals surface area contributed by atoms with Gasteiger partial charge < -0.3 is 5.32 Å². The van der Waals surface area contributed by atoms with E-state index < -0.39 is 10.0 Å². The number of benzene rings is 1. The largest absolute Gasteiger partial charge is 0.308 e. The fourth-order valence-corrected chi connectivity index (χ4v) is 4.96. The summed E-state index contributed by atoms with van der Waals surface area (Å²) in [5, 5.41) is 7.85. The van der Waals surface area contributed by atoms with E-state index in [9.17, 15) is 8.42 Å². The summed E-state index contributed by atoms with van der Waals surface area (Å²) in [7, 11) is -1.40. The highest BCUT2D eigenvalue weighted by molar-refractivity contribution is 7.89. The molecule has 1 fully saturated rings. The van der Waals surface area contributed by atoms with Crippen molar-refractivity contribution in [2.24, 2.45) is 7.05 Å². The van der Waals surface area contributed by atoms with Crippen molar-refractivity contribution >= 4 is 10.0 Å². The van der Waals surface area contributed by atoms with Gasteiger partial charge in [0.1, 0.15) is 0 Å². The van der Waals surface area contributed by atoms with E-state index in [-0.39, 0.29) is 0 Å². The zero-order chi connectivity index (χ0) is 18.7. The Morgan fingerprint density at radius 3 is 2.27 bits per heavy atom. The van der Waals surface area contributed by atoms with E-state index in [1.165, 1.54) is 5.56 Å². The van der Waals surface area contributed by atoms with Gasteiger partial charge in [0.25, 0.3) is 0 Å². The molecule has 0 aliphatic carbocycles. The number of sulfonamides is 1. The quantitative estimate of drug-likeness (QED) is 0.841. The second-order valence-electron chi connectivity index (χ2n) is 6.99. The number of rotatable bonds is 6. The summed E-state index contributed by atoms with van der Waals surface area (Å²) < 4.78 is 28.9. The lowest BCUT2D eigenvalue weighted by atomic mass is 10.2. The first kappa shape index (κ1) is 19.1. The van der Waals surface area contributed by atoms with Crippen LogP contribution in [0.15, 0.2) is 29.2 Å². The van der Waals surface area contributed by atoms with Gasteiger partial charge in [0.05, 0.1) is 10.6 Å². The number of hydrogen-bond donors (Lipinski definition) is 1. The summed E-state index contributed by atoms with van der Waals surface area (Å²) in [5.41, 5.74) is 4.50. The van der Waals surface area contributed by atoms with E-state index in [1.54, 1.807) is 16.4 Å². The van der Waals surface area contributed by atoms with E-state index in [0.717, 1.165) is 42.8 Å². The molecule has 2 aromatic rings. The smallest absolute Gasteiger partial charge is 0.243 e. The lowest BCUT2D eigenvalue weighted by Crippen LogP contribution is -2.35. The van der Waals surface area contributed by atoms with Crippen molar-refractivity contribution < 1.29 is 8.42 Å². The van der Waals surface area contributed by atoms with Gasteiger partial charge in [0, 0.05) is 44.5 Å². The SMILES string of the molecule is Cc1nn(C)c(C)c1CNCc1ccc(S(=O)(=O)N2CCCCC2)cc1. The highest BCUT2D eigenvalue weighted by Gasteiger charge is 2.25. The van der Waals surface area contributed by atoms with Gasteiger partial charge in [-0.2, -0.15) is 9.40 Å². The van der Waals surface area contributed by atoms with Crippen molar-refractivity contribution in [2.45, 2.75) is 51.1 Å². The van der Waals surface area contributed by atoms with Gasteiger partial charge in [-0.15, -0.1) is 0 Å². The van der Waals surface area contributed by atoms with Crippen LogP contribution in [0.5, 0.6) is 0 Å². The number of nitrogens with zero attached hydrogens (tertiary/aromatic N) is 3. The summed E-state index contributed by atoms with van der Waals surface area (Å²) in [5.74, 6) is 0. The highest BCUT2D eigenvalue weighted by Crippen LogP contribution is 2.21. The van der Waals surface area contributed by atoms with Crippen LogP contribution < -0.4 is 5.32 Å². The van der Waals surface area contributed by atoms with Crippen LogP contribution in [0.3, 0.4) is 0 Å². The predicted octanol–water partition coefficient (Wildman–Crippen LogP) is 2.50. The van der Waals surface area contributed by atoms with E-state index in [1.807, 2.05) is 30.8 Å². The molecule has 0 spiro atoms. The van der Waals surface area contributed by atoms with Gasteiger partial charge in [-0.3, -0.25) is 4.68 Å². The number of nitrogens with one attached hydrogen (secondary N) is 1. The molecule has 0 bridgehead atoms. The molecule has 1 aromatic heterocycles. The Morgan fingerprint density at radius 1 is 1.04 bits per heavy atom. The molecule has 3 rings (SSSR count). The van der Waals surface area contributed by atoms with Gasteiger partial charge in [-0.25, -0.2) is 8.42 Å². The maximum Gasteiger partial charge on any atom is 0.243 e. The van der Waals surface area contributed by atoms with Gasteiger partial charge in [-0.05, 0) is 44.4 Å². The van der Waals surface area contributed by atoms with Crippen molar-refractivity contribution in [2.75, 3.05) is 13.1 Å². The molecule has 0 atom stereocenters. The molecule has 0 radical (unpaired) electrons. The third-order valence-electron chi connectivity index (χ3n) is 5.17. The molecule has 1 saturated heterocycles. The van der Waals surface area contributed by atoms with Crippen LogP contribution >= 0.6 is 0 Å². The van der Waals surface area contributed by atoms with Crippen LogP contribution in [-0.4, -0.2) is 35.6 Å². The van der Waals surface area contributed by atoms with Crippen LogP contribution in [0.25, 0.3) is 0 Å². The fourth-order valence-electron chi connectivity index (χ4n) is 3.44. The molecule has 7 heteroatoms. The topological polar surface area (TPSA) is 67.2 Å². The average molecular weight is 377 g/mol. The maximum atomic E-state index is 12.7. The molecule has 1 N–H and O–H groups in total. The fraction of sp³-hybridized carbons (Fsp3) is 0.526. The van der Waals surface area contributed by atoms with Gasteiger partial charge in [0.15, 0.2) is 0 Å². The molecule has 1 aromatic carbocycles. The third-order valence-corrected chi connectivity index (χ3v) is 7.08. The molecule has 0 unspecified atom stereocenters. The summed E-state index contributed by atoms with van der Waals surface area (Å²) in [6.07, 6.45) is 3.02. The van der Waals surface area contributed by atoms with Crippen LogP contribution in [0.4, 0.5) is 0 Å². The van der Waals surface area contributed by atoms with E-state index >= 15 is 0 Å². The molecule has 1 aliphatic rings. The molecule has 2 heterocycles. The molecule has 1 aliphatic heterocycles. The van der Waals surface area contributed by atoms with E-state index in [0.29, 0.717) is 24.5 Å². The van der Waals surface area contributed by atoms with Gasteiger partial charge >= 0.3 is 0 Å². The average Bonchev–Trinajstić information content (AvgIpc) is 2.89. The second kappa shape index (κ2) is 7.90.